The Morgan fingerprint density at radius 3 is 2.38 bits per heavy atom. The Morgan fingerprint density at radius 2 is 1.67 bits per heavy atom. The third-order valence-electron chi connectivity index (χ3n) is 2.56. The molecular formula is C15H15N3O2S. The van der Waals surface area contributed by atoms with Crippen molar-refractivity contribution in [2.75, 3.05) is 11.9 Å². The summed E-state index contributed by atoms with van der Waals surface area (Å²) in [6.07, 6.45) is 0. The van der Waals surface area contributed by atoms with Crippen molar-refractivity contribution >= 4 is 29.4 Å². The molecule has 3 amide bonds. The Hall–Kier alpha value is -2.47. The fourth-order valence-corrected chi connectivity index (χ4v) is 2.62. The molecule has 0 aliphatic rings. The lowest BCUT2D eigenvalue weighted by Gasteiger charge is -2.11. The average molecular weight is 301 g/mol. The van der Waals surface area contributed by atoms with Crippen molar-refractivity contribution in [1.82, 2.24) is 5.32 Å². The Morgan fingerprint density at radius 1 is 1.00 bits per heavy atom. The number of rotatable bonds is 5. The monoisotopic (exact) mass is 301 g/mol. The molecule has 0 spiro atoms. The van der Waals surface area contributed by atoms with E-state index in [1.807, 2.05) is 59.9 Å². The smallest absolute Gasteiger partial charge is 0.318 e. The van der Waals surface area contributed by atoms with Crippen molar-refractivity contribution in [1.29, 1.82) is 0 Å². The van der Waals surface area contributed by atoms with Crippen molar-refractivity contribution in [3.8, 4) is 0 Å². The molecule has 4 N–H and O–H groups in total. The molecule has 0 fully saturated rings. The summed E-state index contributed by atoms with van der Waals surface area (Å²) in [5.74, 6) is -0.470. The molecule has 108 valence electrons. The number of hydrogen-bond acceptors (Lipinski definition) is 4. The van der Waals surface area contributed by atoms with Crippen molar-refractivity contribution < 1.29 is 9.59 Å². The molecule has 0 bridgehead atoms. The highest BCUT2D eigenvalue weighted by Crippen LogP contribution is 2.32. The first kappa shape index (κ1) is 14.9. The van der Waals surface area contributed by atoms with Crippen LogP contribution in [0.15, 0.2) is 64.4 Å². The maximum Gasteiger partial charge on any atom is 0.318 e. The quantitative estimate of drug-likeness (QED) is 0.792. The Balaban J connectivity index is 2.03. The molecule has 0 saturated carbocycles. The molecule has 0 aliphatic heterocycles. The van der Waals surface area contributed by atoms with Gasteiger partial charge in [-0.05, 0) is 24.3 Å². The number of benzene rings is 2. The van der Waals surface area contributed by atoms with E-state index in [-0.39, 0.29) is 6.54 Å². The van der Waals surface area contributed by atoms with Crippen LogP contribution in [-0.4, -0.2) is 18.5 Å². The first-order chi connectivity index (χ1) is 10.1. The van der Waals surface area contributed by atoms with Crippen LogP contribution >= 0.6 is 11.8 Å². The number of urea groups is 1. The molecular weight excluding hydrogens is 286 g/mol. The van der Waals surface area contributed by atoms with Gasteiger partial charge >= 0.3 is 6.03 Å². The number of primary amides is 1. The number of nitrogens with two attached hydrogens (primary N) is 1. The summed E-state index contributed by atoms with van der Waals surface area (Å²) >= 11 is 1.59. The van der Waals surface area contributed by atoms with Gasteiger partial charge in [0.2, 0.25) is 5.91 Å². The predicted molar refractivity (Wildman–Crippen MR) is 83.2 cm³/mol. The minimum atomic E-state index is -0.853. The van der Waals surface area contributed by atoms with Crippen LogP contribution in [0.25, 0.3) is 0 Å². The van der Waals surface area contributed by atoms with Crippen molar-refractivity contribution in [2.24, 2.45) is 5.73 Å². The van der Waals surface area contributed by atoms with Crippen LogP contribution in [0, 0.1) is 0 Å². The normalized spacial score (nSPS) is 9.90. The number of para-hydroxylation sites is 1. The number of nitrogens with one attached hydrogen (secondary N) is 2. The van der Waals surface area contributed by atoms with Gasteiger partial charge in [-0.2, -0.15) is 0 Å². The van der Waals surface area contributed by atoms with Gasteiger partial charge in [0.25, 0.3) is 0 Å². The van der Waals surface area contributed by atoms with E-state index in [2.05, 4.69) is 5.32 Å². The molecule has 0 unspecified atom stereocenters. The van der Waals surface area contributed by atoms with Gasteiger partial charge in [0.15, 0.2) is 0 Å². The largest absolute Gasteiger partial charge is 0.375 e. The second-order valence-corrected chi connectivity index (χ2v) is 5.29. The fraction of sp³-hybridized carbons (Fsp3) is 0.0667. The number of carbonyl (C=O) groups is 2. The molecule has 0 saturated heterocycles. The number of imide groups is 1. The highest BCUT2D eigenvalue weighted by molar-refractivity contribution is 7.99. The van der Waals surface area contributed by atoms with E-state index in [4.69, 9.17) is 5.73 Å². The molecule has 0 radical (unpaired) electrons. The molecule has 0 aliphatic carbocycles. The molecule has 2 aromatic carbocycles. The topological polar surface area (TPSA) is 84.2 Å². The van der Waals surface area contributed by atoms with Gasteiger partial charge in [-0.3, -0.25) is 10.1 Å². The maximum atomic E-state index is 11.4. The molecule has 6 heteroatoms. The van der Waals surface area contributed by atoms with E-state index in [1.165, 1.54) is 0 Å². The van der Waals surface area contributed by atoms with Gasteiger partial charge in [-0.1, -0.05) is 42.1 Å². The van der Waals surface area contributed by atoms with Crippen molar-refractivity contribution in [3.63, 3.8) is 0 Å². The zero-order valence-electron chi connectivity index (χ0n) is 11.2. The SMILES string of the molecule is NC(=O)NC(=O)CNc1ccccc1Sc1ccccc1. The van der Waals surface area contributed by atoms with Gasteiger partial charge < -0.3 is 11.1 Å². The Bertz CT molecular complexity index is 632. The lowest BCUT2D eigenvalue weighted by atomic mass is 10.3. The van der Waals surface area contributed by atoms with E-state index in [9.17, 15) is 9.59 Å². The van der Waals surface area contributed by atoms with Gasteiger partial charge in [-0.25, -0.2) is 4.79 Å². The minimum Gasteiger partial charge on any atom is -0.375 e. The first-order valence-electron chi connectivity index (χ1n) is 6.30. The van der Waals surface area contributed by atoms with Gasteiger partial charge in [0.1, 0.15) is 0 Å². The van der Waals surface area contributed by atoms with Crippen LogP contribution in [0.3, 0.4) is 0 Å². The minimum absolute atomic E-state index is 0.0185. The number of amides is 3. The Labute approximate surface area is 126 Å². The maximum absolute atomic E-state index is 11.4. The summed E-state index contributed by atoms with van der Waals surface area (Å²) in [6, 6.07) is 16.7. The second-order valence-electron chi connectivity index (χ2n) is 4.18. The highest BCUT2D eigenvalue weighted by Gasteiger charge is 2.07. The third-order valence-corrected chi connectivity index (χ3v) is 3.64. The number of anilines is 1. The summed E-state index contributed by atoms with van der Waals surface area (Å²) in [5.41, 5.74) is 5.72. The van der Waals surface area contributed by atoms with Crippen LogP contribution in [0.1, 0.15) is 0 Å². The molecule has 0 heterocycles. The van der Waals surface area contributed by atoms with E-state index in [0.717, 1.165) is 15.5 Å². The summed E-state index contributed by atoms with van der Waals surface area (Å²) in [7, 11) is 0. The molecule has 0 aromatic heterocycles. The average Bonchev–Trinajstić information content (AvgIpc) is 2.47. The van der Waals surface area contributed by atoms with Crippen molar-refractivity contribution in [2.45, 2.75) is 9.79 Å². The molecule has 21 heavy (non-hydrogen) atoms. The standard InChI is InChI=1S/C15H15N3O2S/c16-15(20)18-14(19)10-17-12-8-4-5-9-13(12)21-11-6-2-1-3-7-11/h1-9,17H,10H2,(H3,16,18,19,20). The molecule has 0 atom stereocenters. The first-order valence-corrected chi connectivity index (χ1v) is 7.12. The Kier molecular flexibility index (Phi) is 5.22. The molecule has 2 rings (SSSR count). The predicted octanol–water partition coefficient (Wildman–Crippen LogP) is 2.44. The lowest BCUT2D eigenvalue weighted by molar-refractivity contribution is -0.118. The summed E-state index contributed by atoms with van der Waals surface area (Å²) in [4.78, 5) is 24.1. The van der Waals surface area contributed by atoms with Crippen molar-refractivity contribution in [3.05, 3.63) is 54.6 Å². The van der Waals surface area contributed by atoms with Crippen LogP contribution in [0.4, 0.5) is 10.5 Å². The molecule has 5 nitrogen and oxygen atoms in total. The zero-order valence-corrected chi connectivity index (χ0v) is 12.0. The third kappa shape index (κ3) is 4.85. The van der Waals surface area contributed by atoms with Crippen LogP contribution in [0.5, 0.6) is 0 Å². The summed E-state index contributed by atoms with van der Waals surface area (Å²) in [6.45, 7) is -0.0185. The lowest BCUT2D eigenvalue weighted by Crippen LogP contribution is -2.38. The summed E-state index contributed by atoms with van der Waals surface area (Å²) in [5, 5.41) is 5.01. The van der Waals surface area contributed by atoms with Gasteiger partial charge in [0, 0.05) is 15.5 Å². The summed E-state index contributed by atoms with van der Waals surface area (Å²) < 4.78 is 0. The fourth-order valence-electron chi connectivity index (χ4n) is 1.67. The van der Waals surface area contributed by atoms with Crippen LogP contribution in [-0.2, 0) is 4.79 Å². The number of carbonyl (C=O) groups excluding carboxylic acids is 2. The number of hydrogen-bond donors (Lipinski definition) is 3. The zero-order chi connectivity index (χ0) is 15.1. The van der Waals surface area contributed by atoms with Crippen LogP contribution < -0.4 is 16.4 Å². The van der Waals surface area contributed by atoms with E-state index in [1.54, 1.807) is 11.8 Å². The highest BCUT2D eigenvalue weighted by atomic mass is 32.2. The van der Waals surface area contributed by atoms with Gasteiger partial charge in [-0.15, -0.1) is 0 Å². The molecule has 2 aromatic rings. The van der Waals surface area contributed by atoms with E-state index < -0.39 is 11.9 Å². The van der Waals surface area contributed by atoms with Gasteiger partial charge in [0.05, 0.1) is 6.54 Å². The van der Waals surface area contributed by atoms with E-state index >= 15 is 0 Å². The van der Waals surface area contributed by atoms with Crippen LogP contribution in [0.2, 0.25) is 0 Å². The van der Waals surface area contributed by atoms with E-state index in [0.29, 0.717) is 0 Å². The second kappa shape index (κ2) is 7.35.